The fourth-order valence-corrected chi connectivity index (χ4v) is 2.82. The number of nitriles is 1. The molecule has 21 heavy (non-hydrogen) atoms. The second kappa shape index (κ2) is 7.59. The predicted octanol–water partition coefficient (Wildman–Crippen LogP) is 2.83. The molecule has 1 heterocycles. The highest BCUT2D eigenvalue weighted by Gasteiger charge is 2.34. The largest absolute Gasteiger partial charge is 0.303 e. The van der Waals surface area contributed by atoms with Gasteiger partial charge in [0, 0.05) is 19.6 Å². The fourth-order valence-electron chi connectivity index (χ4n) is 2.82. The van der Waals surface area contributed by atoms with E-state index in [1.165, 1.54) is 5.56 Å². The summed E-state index contributed by atoms with van der Waals surface area (Å²) in [7, 11) is 0. The maximum atomic E-state index is 9.52. The van der Waals surface area contributed by atoms with E-state index in [4.69, 9.17) is 0 Å². The van der Waals surface area contributed by atoms with Crippen molar-refractivity contribution < 1.29 is 0 Å². The Labute approximate surface area is 129 Å². The number of likely N-dealkylation sites (tertiary alicyclic amines) is 1. The van der Waals surface area contributed by atoms with Gasteiger partial charge in [-0.2, -0.15) is 5.26 Å². The van der Waals surface area contributed by atoms with Crippen LogP contribution < -0.4 is 5.32 Å². The average Bonchev–Trinajstić information content (AvgIpc) is 2.53. The number of nitrogens with one attached hydrogen (secondary N) is 1. The third-order valence-corrected chi connectivity index (χ3v) is 4.33. The normalized spacial score (nSPS) is 18.6. The van der Waals surface area contributed by atoms with E-state index in [9.17, 15) is 5.26 Å². The first-order valence-electron chi connectivity index (χ1n) is 8.06. The van der Waals surface area contributed by atoms with Gasteiger partial charge in [-0.3, -0.25) is 5.32 Å². The smallest absolute Gasteiger partial charge is 0.109 e. The fraction of sp³-hybridized carbons (Fsp3) is 0.611. The lowest BCUT2D eigenvalue weighted by Crippen LogP contribution is -2.53. The summed E-state index contributed by atoms with van der Waals surface area (Å²) in [5.74, 6) is 0.589. The topological polar surface area (TPSA) is 39.1 Å². The molecule has 0 spiro atoms. The number of piperidine rings is 1. The van der Waals surface area contributed by atoms with Gasteiger partial charge in [-0.1, -0.05) is 44.2 Å². The zero-order chi connectivity index (χ0) is 15.1. The molecule has 0 radical (unpaired) electrons. The van der Waals surface area contributed by atoms with Crippen LogP contribution in [0.2, 0.25) is 0 Å². The van der Waals surface area contributed by atoms with Crippen LogP contribution in [0.3, 0.4) is 0 Å². The number of nitrogens with zero attached hydrogens (tertiary/aromatic N) is 2. The summed E-state index contributed by atoms with van der Waals surface area (Å²) < 4.78 is 0. The van der Waals surface area contributed by atoms with Gasteiger partial charge in [0.05, 0.1) is 6.07 Å². The van der Waals surface area contributed by atoms with E-state index >= 15 is 0 Å². The second-order valence-electron chi connectivity index (χ2n) is 6.55. The first-order valence-corrected chi connectivity index (χ1v) is 8.06. The van der Waals surface area contributed by atoms with Crippen LogP contribution in [0.4, 0.5) is 0 Å². The molecule has 1 saturated heterocycles. The van der Waals surface area contributed by atoms with Crippen molar-refractivity contribution >= 4 is 0 Å². The minimum Gasteiger partial charge on any atom is -0.303 e. The summed E-state index contributed by atoms with van der Waals surface area (Å²) in [4.78, 5) is 2.49. The predicted molar refractivity (Wildman–Crippen MR) is 87.0 cm³/mol. The zero-order valence-corrected chi connectivity index (χ0v) is 13.3. The van der Waals surface area contributed by atoms with E-state index in [2.05, 4.69) is 60.5 Å². The van der Waals surface area contributed by atoms with Crippen LogP contribution in [-0.2, 0) is 6.42 Å². The van der Waals surface area contributed by atoms with Crippen LogP contribution in [-0.4, -0.2) is 36.6 Å². The lowest BCUT2D eigenvalue weighted by Gasteiger charge is -2.38. The van der Waals surface area contributed by atoms with Crippen LogP contribution in [0, 0.1) is 17.2 Å². The van der Waals surface area contributed by atoms with Crippen LogP contribution in [0.5, 0.6) is 0 Å². The monoisotopic (exact) mass is 285 g/mol. The highest BCUT2D eigenvalue weighted by atomic mass is 15.2. The summed E-state index contributed by atoms with van der Waals surface area (Å²) in [6, 6.07) is 13.2. The molecule has 0 saturated carbocycles. The van der Waals surface area contributed by atoms with Gasteiger partial charge in [0.15, 0.2) is 0 Å². The van der Waals surface area contributed by atoms with Crippen molar-refractivity contribution in [3.05, 3.63) is 35.9 Å². The van der Waals surface area contributed by atoms with Crippen LogP contribution in [0.25, 0.3) is 0 Å². The van der Waals surface area contributed by atoms with Gasteiger partial charge >= 0.3 is 0 Å². The van der Waals surface area contributed by atoms with Crippen molar-refractivity contribution in [2.24, 2.45) is 5.92 Å². The molecule has 1 aromatic carbocycles. The molecule has 1 N–H and O–H groups in total. The molecule has 1 aromatic rings. The molecule has 1 fully saturated rings. The lowest BCUT2D eigenvalue weighted by molar-refractivity contribution is 0.165. The van der Waals surface area contributed by atoms with Gasteiger partial charge in [-0.25, -0.2) is 0 Å². The van der Waals surface area contributed by atoms with E-state index in [1.54, 1.807) is 0 Å². The molecule has 0 aliphatic carbocycles. The quantitative estimate of drug-likeness (QED) is 0.873. The standard InChI is InChI=1S/C18H27N3/c1-16(2)14-20-18(15-19)9-12-21(13-10-18)11-8-17-6-4-3-5-7-17/h3-7,16,20H,8-14H2,1-2H3. The molecule has 3 heteroatoms. The number of rotatable bonds is 6. The van der Waals surface area contributed by atoms with Crippen LogP contribution >= 0.6 is 0 Å². The first-order chi connectivity index (χ1) is 10.1. The van der Waals surface area contributed by atoms with Crippen molar-refractivity contribution in [3.8, 4) is 6.07 Å². The Hall–Kier alpha value is -1.37. The Balaban J connectivity index is 1.78. The van der Waals surface area contributed by atoms with Gasteiger partial charge in [0.25, 0.3) is 0 Å². The summed E-state index contributed by atoms with van der Waals surface area (Å²) >= 11 is 0. The Bertz CT molecular complexity index is 453. The highest BCUT2D eigenvalue weighted by Crippen LogP contribution is 2.22. The van der Waals surface area contributed by atoms with Gasteiger partial charge in [-0.05, 0) is 37.3 Å². The number of hydrogen-bond donors (Lipinski definition) is 1. The van der Waals surface area contributed by atoms with Gasteiger partial charge in [0.1, 0.15) is 5.54 Å². The summed E-state index contributed by atoms with van der Waals surface area (Å²) in [5, 5.41) is 13.0. The molecule has 0 aromatic heterocycles. The molecule has 1 aliphatic rings. The summed E-state index contributed by atoms with van der Waals surface area (Å²) in [6.07, 6.45) is 2.97. The van der Waals surface area contributed by atoms with E-state index < -0.39 is 0 Å². The van der Waals surface area contributed by atoms with Crippen molar-refractivity contribution in [3.63, 3.8) is 0 Å². The van der Waals surface area contributed by atoms with E-state index in [0.717, 1.165) is 45.4 Å². The van der Waals surface area contributed by atoms with E-state index in [-0.39, 0.29) is 5.54 Å². The average molecular weight is 285 g/mol. The van der Waals surface area contributed by atoms with E-state index in [0.29, 0.717) is 5.92 Å². The lowest BCUT2D eigenvalue weighted by atomic mass is 9.88. The van der Waals surface area contributed by atoms with Crippen LogP contribution in [0.1, 0.15) is 32.3 Å². The molecule has 0 atom stereocenters. The molecule has 1 aliphatic heterocycles. The zero-order valence-electron chi connectivity index (χ0n) is 13.3. The molecular weight excluding hydrogens is 258 g/mol. The van der Waals surface area contributed by atoms with E-state index in [1.807, 2.05) is 0 Å². The van der Waals surface area contributed by atoms with Gasteiger partial charge in [0.2, 0.25) is 0 Å². The Morgan fingerprint density at radius 2 is 1.90 bits per heavy atom. The Morgan fingerprint density at radius 1 is 1.24 bits per heavy atom. The maximum Gasteiger partial charge on any atom is 0.109 e. The molecule has 2 rings (SSSR count). The minimum atomic E-state index is -0.298. The molecule has 0 bridgehead atoms. The second-order valence-corrected chi connectivity index (χ2v) is 6.55. The molecular formula is C18H27N3. The first kappa shape index (κ1) is 16.0. The molecule has 0 amide bonds. The Kier molecular flexibility index (Phi) is 5.78. The number of benzene rings is 1. The SMILES string of the molecule is CC(C)CNC1(C#N)CCN(CCc2ccccc2)CC1. The Morgan fingerprint density at radius 3 is 2.48 bits per heavy atom. The van der Waals surface area contributed by atoms with Crippen LogP contribution in [0.15, 0.2) is 30.3 Å². The maximum absolute atomic E-state index is 9.52. The molecule has 0 unspecified atom stereocenters. The molecule has 114 valence electrons. The summed E-state index contributed by atoms with van der Waals surface area (Å²) in [6.45, 7) is 8.43. The van der Waals surface area contributed by atoms with Crippen molar-refractivity contribution in [2.75, 3.05) is 26.2 Å². The van der Waals surface area contributed by atoms with Gasteiger partial charge < -0.3 is 4.90 Å². The van der Waals surface area contributed by atoms with Crippen molar-refractivity contribution in [1.29, 1.82) is 5.26 Å². The van der Waals surface area contributed by atoms with Crippen molar-refractivity contribution in [1.82, 2.24) is 10.2 Å². The molecule has 3 nitrogen and oxygen atoms in total. The third kappa shape index (κ3) is 4.84. The highest BCUT2D eigenvalue weighted by molar-refractivity contribution is 5.15. The van der Waals surface area contributed by atoms with Crippen molar-refractivity contribution in [2.45, 2.75) is 38.6 Å². The van der Waals surface area contributed by atoms with Gasteiger partial charge in [-0.15, -0.1) is 0 Å². The number of hydrogen-bond acceptors (Lipinski definition) is 3. The third-order valence-electron chi connectivity index (χ3n) is 4.33. The minimum absolute atomic E-state index is 0.298. The summed E-state index contributed by atoms with van der Waals surface area (Å²) in [5.41, 5.74) is 1.10.